The lowest BCUT2D eigenvalue weighted by molar-refractivity contribution is -0.117. The SMILES string of the molecule is COc1ccc2[nH]c(-c3ccc(NC(=O)C(Cc4ccc(C(=O)NCCS(=O)(=O)O)cc4)c4ccc(/C=C/C(C)(C)C)cc4)cc3)nc2c1. The number of carbonyl (C=O) groups is 2. The zero-order valence-electron chi connectivity index (χ0n) is 27.9. The summed E-state index contributed by atoms with van der Waals surface area (Å²) < 4.78 is 36.1. The van der Waals surface area contributed by atoms with Crippen molar-refractivity contribution in [3.63, 3.8) is 0 Å². The highest BCUT2D eigenvalue weighted by molar-refractivity contribution is 7.85. The molecule has 1 aromatic heterocycles. The molecule has 10 nitrogen and oxygen atoms in total. The number of methoxy groups -OCH3 is 1. The number of nitrogens with zero attached hydrogens (tertiary/aromatic N) is 1. The number of carbonyl (C=O) groups excluding carboxylic acids is 2. The number of ether oxygens (including phenoxy) is 1. The van der Waals surface area contributed by atoms with E-state index in [-0.39, 0.29) is 17.9 Å². The maximum atomic E-state index is 13.9. The molecule has 0 saturated carbocycles. The van der Waals surface area contributed by atoms with Crippen LogP contribution < -0.4 is 15.4 Å². The van der Waals surface area contributed by atoms with Crippen molar-refractivity contribution in [2.45, 2.75) is 33.1 Å². The van der Waals surface area contributed by atoms with Crippen LogP contribution in [0.15, 0.2) is 97.1 Å². The lowest BCUT2D eigenvalue weighted by atomic mass is 9.89. The van der Waals surface area contributed by atoms with Gasteiger partial charge in [0.1, 0.15) is 11.6 Å². The summed E-state index contributed by atoms with van der Waals surface area (Å²) in [5.74, 6) is -0.334. The average Bonchev–Trinajstić information content (AvgIpc) is 3.50. The monoisotopic (exact) mass is 680 g/mol. The molecule has 1 atom stereocenters. The number of aromatic nitrogens is 2. The first kappa shape index (κ1) is 35.1. The van der Waals surface area contributed by atoms with Gasteiger partial charge in [-0.1, -0.05) is 69.3 Å². The molecule has 0 spiro atoms. The molecule has 2 amide bonds. The Labute approximate surface area is 286 Å². The van der Waals surface area contributed by atoms with E-state index in [0.717, 1.165) is 39.0 Å². The van der Waals surface area contributed by atoms with E-state index in [9.17, 15) is 18.0 Å². The van der Waals surface area contributed by atoms with Gasteiger partial charge >= 0.3 is 0 Å². The zero-order chi connectivity index (χ0) is 35.2. The van der Waals surface area contributed by atoms with Crippen LogP contribution >= 0.6 is 0 Å². The van der Waals surface area contributed by atoms with Gasteiger partial charge in [0.25, 0.3) is 16.0 Å². The van der Waals surface area contributed by atoms with E-state index in [2.05, 4.69) is 53.5 Å². The molecule has 0 saturated heterocycles. The van der Waals surface area contributed by atoms with Gasteiger partial charge in [-0.2, -0.15) is 8.42 Å². The van der Waals surface area contributed by atoms with E-state index in [1.807, 2.05) is 66.7 Å². The average molecular weight is 681 g/mol. The molecule has 254 valence electrons. The summed E-state index contributed by atoms with van der Waals surface area (Å²) in [4.78, 5) is 34.3. The van der Waals surface area contributed by atoms with Crippen LogP contribution in [0, 0.1) is 5.41 Å². The topological polar surface area (TPSA) is 150 Å². The van der Waals surface area contributed by atoms with Gasteiger partial charge < -0.3 is 20.4 Å². The Hall–Kier alpha value is -5.26. The molecule has 11 heteroatoms. The highest BCUT2D eigenvalue weighted by Crippen LogP contribution is 2.28. The largest absolute Gasteiger partial charge is 0.497 e. The van der Waals surface area contributed by atoms with Crippen LogP contribution in [0.2, 0.25) is 0 Å². The summed E-state index contributed by atoms with van der Waals surface area (Å²) in [6.07, 6.45) is 4.57. The summed E-state index contributed by atoms with van der Waals surface area (Å²) in [6.45, 7) is 6.19. The summed E-state index contributed by atoms with van der Waals surface area (Å²) >= 11 is 0. The molecular formula is C38H40N4O6S. The second-order valence-electron chi connectivity index (χ2n) is 12.9. The quantitative estimate of drug-likeness (QED) is 0.105. The van der Waals surface area contributed by atoms with Crippen LogP contribution in [0.25, 0.3) is 28.5 Å². The fourth-order valence-electron chi connectivity index (χ4n) is 5.16. The first-order chi connectivity index (χ1) is 23.3. The number of aromatic amines is 1. The Morgan fingerprint density at radius 1 is 0.959 bits per heavy atom. The van der Waals surface area contributed by atoms with Gasteiger partial charge in [0, 0.05) is 29.4 Å². The van der Waals surface area contributed by atoms with E-state index in [1.165, 1.54) is 0 Å². The van der Waals surface area contributed by atoms with Crippen LogP contribution in [0.4, 0.5) is 5.69 Å². The van der Waals surface area contributed by atoms with Crippen molar-refractivity contribution < 1.29 is 27.3 Å². The molecule has 4 N–H and O–H groups in total. The molecular weight excluding hydrogens is 641 g/mol. The second-order valence-corrected chi connectivity index (χ2v) is 14.5. The van der Waals surface area contributed by atoms with Crippen molar-refractivity contribution in [2.75, 3.05) is 24.7 Å². The van der Waals surface area contributed by atoms with Gasteiger partial charge in [-0.3, -0.25) is 14.1 Å². The second kappa shape index (κ2) is 14.9. The number of fused-ring (bicyclic) bond motifs is 1. The molecule has 0 radical (unpaired) electrons. The molecule has 0 fully saturated rings. The third-order valence-electron chi connectivity index (χ3n) is 7.85. The Kier molecular flexibility index (Phi) is 10.6. The fourth-order valence-corrected chi connectivity index (χ4v) is 5.52. The minimum absolute atomic E-state index is 0.0359. The van der Waals surface area contributed by atoms with Crippen LogP contribution in [0.1, 0.15) is 53.7 Å². The lowest BCUT2D eigenvalue weighted by Gasteiger charge is -2.18. The Morgan fingerprint density at radius 2 is 1.65 bits per heavy atom. The number of anilines is 1. The van der Waals surface area contributed by atoms with Gasteiger partial charge in [-0.25, -0.2) is 4.98 Å². The van der Waals surface area contributed by atoms with Gasteiger partial charge in [0.05, 0.1) is 29.8 Å². The summed E-state index contributed by atoms with van der Waals surface area (Å²) in [5.41, 5.74) is 6.26. The number of H-pyrrole nitrogens is 1. The maximum Gasteiger partial charge on any atom is 0.266 e. The Balaban J connectivity index is 1.33. The van der Waals surface area contributed by atoms with Crippen LogP contribution in [0.3, 0.4) is 0 Å². The molecule has 5 aromatic rings. The molecule has 5 rings (SSSR count). The summed E-state index contributed by atoms with van der Waals surface area (Å²) in [6, 6.07) is 27.9. The number of benzene rings is 4. The van der Waals surface area contributed by atoms with Crippen molar-refractivity contribution in [3.8, 4) is 17.1 Å². The molecule has 1 unspecified atom stereocenters. The molecule has 0 bridgehead atoms. The maximum absolute atomic E-state index is 13.9. The van der Waals surface area contributed by atoms with Gasteiger partial charge in [0.2, 0.25) is 5.91 Å². The van der Waals surface area contributed by atoms with E-state index in [0.29, 0.717) is 23.5 Å². The van der Waals surface area contributed by atoms with Crippen molar-refractivity contribution in [3.05, 3.63) is 119 Å². The first-order valence-corrected chi connectivity index (χ1v) is 17.4. The Bertz CT molecular complexity index is 2060. The number of nitrogens with one attached hydrogen (secondary N) is 3. The van der Waals surface area contributed by atoms with Crippen molar-refractivity contribution >= 4 is 44.7 Å². The van der Waals surface area contributed by atoms with Gasteiger partial charge in [-0.05, 0) is 77.1 Å². The van der Waals surface area contributed by atoms with E-state index in [1.54, 1.807) is 31.4 Å². The summed E-state index contributed by atoms with van der Waals surface area (Å²) in [5, 5.41) is 5.55. The van der Waals surface area contributed by atoms with Crippen molar-refractivity contribution in [2.24, 2.45) is 5.41 Å². The molecule has 0 aliphatic heterocycles. The first-order valence-electron chi connectivity index (χ1n) is 15.8. The minimum atomic E-state index is -4.18. The molecule has 0 aliphatic rings. The van der Waals surface area contributed by atoms with Crippen molar-refractivity contribution in [1.29, 1.82) is 0 Å². The van der Waals surface area contributed by atoms with E-state index >= 15 is 0 Å². The molecule has 0 aliphatic carbocycles. The van der Waals surface area contributed by atoms with Gasteiger partial charge in [0.15, 0.2) is 0 Å². The van der Waals surface area contributed by atoms with Crippen LogP contribution in [0.5, 0.6) is 5.75 Å². The zero-order valence-corrected chi connectivity index (χ0v) is 28.7. The predicted octanol–water partition coefficient (Wildman–Crippen LogP) is 6.88. The fraction of sp³-hybridized carbons (Fsp3) is 0.237. The normalized spacial score (nSPS) is 12.6. The van der Waals surface area contributed by atoms with Gasteiger partial charge in [-0.15, -0.1) is 0 Å². The molecule has 4 aromatic carbocycles. The lowest BCUT2D eigenvalue weighted by Crippen LogP contribution is -2.28. The van der Waals surface area contributed by atoms with E-state index in [4.69, 9.17) is 9.29 Å². The van der Waals surface area contributed by atoms with Crippen LogP contribution in [-0.4, -0.2) is 54.2 Å². The number of imidazole rings is 1. The molecule has 1 heterocycles. The third-order valence-corrected chi connectivity index (χ3v) is 8.57. The van der Waals surface area contributed by atoms with E-state index < -0.39 is 27.7 Å². The summed E-state index contributed by atoms with van der Waals surface area (Å²) in [7, 11) is -2.56. The van der Waals surface area contributed by atoms with Crippen molar-refractivity contribution in [1.82, 2.24) is 15.3 Å². The molecule has 49 heavy (non-hydrogen) atoms. The van der Waals surface area contributed by atoms with Crippen LogP contribution in [-0.2, 0) is 21.3 Å². The predicted molar refractivity (Wildman–Crippen MR) is 193 cm³/mol. The number of amides is 2. The minimum Gasteiger partial charge on any atom is -0.497 e. The number of allylic oxidation sites excluding steroid dienone is 1. The highest BCUT2D eigenvalue weighted by Gasteiger charge is 2.22. The highest BCUT2D eigenvalue weighted by atomic mass is 32.2. The standard InChI is InChI=1S/C38H40N4O6S/c1-38(2,3)20-19-25-5-9-27(10-6-25)32(23-26-7-11-29(12-8-26)36(43)39-21-22-49(45,46)47)37(44)40-30-15-13-28(14-16-30)35-41-33-18-17-31(48-4)24-34(33)42-35/h5-20,24,32H,21-23H2,1-4H3,(H,39,43)(H,40,44)(H,41,42)(H,45,46,47)/b20-19+. The Morgan fingerprint density at radius 3 is 2.29 bits per heavy atom. The number of hydrogen-bond acceptors (Lipinski definition) is 6. The third kappa shape index (κ3) is 9.88. The smallest absolute Gasteiger partial charge is 0.266 e. The number of hydrogen-bond donors (Lipinski definition) is 4. The number of rotatable bonds is 12.